The summed E-state index contributed by atoms with van der Waals surface area (Å²) in [5.41, 5.74) is 3.70. The summed E-state index contributed by atoms with van der Waals surface area (Å²) >= 11 is 0. The summed E-state index contributed by atoms with van der Waals surface area (Å²) in [6.07, 6.45) is 2.16. The molecule has 5 nitrogen and oxygen atoms in total. The Morgan fingerprint density at radius 1 is 1.00 bits per heavy atom. The van der Waals surface area contributed by atoms with E-state index in [4.69, 9.17) is 0 Å². The van der Waals surface area contributed by atoms with Crippen molar-refractivity contribution in [2.75, 3.05) is 46.8 Å². The minimum absolute atomic E-state index is 0. The number of nitrogens with one attached hydrogen (secondary N) is 2. The maximum Gasteiger partial charge on any atom is 0.191 e. The van der Waals surface area contributed by atoms with Crippen LogP contribution in [0.3, 0.4) is 0 Å². The van der Waals surface area contributed by atoms with Crippen LogP contribution in [0.15, 0.2) is 53.5 Å². The van der Waals surface area contributed by atoms with Gasteiger partial charge in [0, 0.05) is 58.3 Å². The zero-order chi connectivity index (χ0) is 21.7. The zero-order valence-electron chi connectivity index (χ0n) is 19.1. The van der Waals surface area contributed by atoms with Crippen LogP contribution in [0.25, 0.3) is 0 Å². The van der Waals surface area contributed by atoms with Gasteiger partial charge in [-0.15, -0.1) is 24.0 Å². The molecule has 0 amide bonds. The molecular formula is C25H35FIN5. The summed E-state index contributed by atoms with van der Waals surface area (Å²) in [5.74, 6) is 0.617. The van der Waals surface area contributed by atoms with Gasteiger partial charge in [0.15, 0.2) is 5.96 Å². The summed E-state index contributed by atoms with van der Waals surface area (Å²) in [5, 5.41) is 6.84. The van der Waals surface area contributed by atoms with Crippen LogP contribution in [0.1, 0.15) is 29.5 Å². The lowest BCUT2D eigenvalue weighted by molar-refractivity contribution is 0.148. The van der Waals surface area contributed by atoms with Crippen molar-refractivity contribution in [3.8, 4) is 0 Å². The van der Waals surface area contributed by atoms with Gasteiger partial charge in [0.2, 0.25) is 0 Å². The Hall–Kier alpha value is -1.71. The van der Waals surface area contributed by atoms with Crippen molar-refractivity contribution in [1.82, 2.24) is 20.4 Å². The Bertz CT molecular complexity index is 889. The molecule has 1 heterocycles. The number of nitrogens with zero attached hydrogens (tertiary/aromatic N) is 3. The van der Waals surface area contributed by atoms with Crippen molar-refractivity contribution in [2.45, 2.75) is 31.3 Å². The van der Waals surface area contributed by atoms with Gasteiger partial charge in [-0.05, 0) is 48.7 Å². The van der Waals surface area contributed by atoms with E-state index in [9.17, 15) is 4.39 Å². The van der Waals surface area contributed by atoms with Crippen molar-refractivity contribution in [3.63, 3.8) is 0 Å². The number of piperazine rings is 1. The lowest BCUT2D eigenvalue weighted by Crippen LogP contribution is -2.43. The largest absolute Gasteiger partial charge is 0.356 e. The Morgan fingerprint density at radius 2 is 1.69 bits per heavy atom. The minimum atomic E-state index is -0.164. The average Bonchev–Trinajstić information content (AvgIpc) is 3.58. The number of guanidine groups is 1. The van der Waals surface area contributed by atoms with E-state index in [1.165, 1.54) is 17.2 Å². The summed E-state index contributed by atoms with van der Waals surface area (Å²) < 4.78 is 13.6. The highest BCUT2D eigenvalue weighted by atomic mass is 127. The van der Waals surface area contributed by atoms with E-state index in [1.807, 2.05) is 6.07 Å². The van der Waals surface area contributed by atoms with Gasteiger partial charge < -0.3 is 15.5 Å². The fraction of sp³-hybridized carbons (Fsp3) is 0.480. The van der Waals surface area contributed by atoms with Crippen molar-refractivity contribution in [3.05, 3.63) is 71.0 Å². The van der Waals surface area contributed by atoms with Gasteiger partial charge in [-0.2, -0.15) is 0 Å². The Morgan fingerprint density at radius 3 is 2.31 bits per heavy atom. The maximum absolute atomic E-state index is 13.6. The molecule has 2 aromatic rings. The molecular weight excluding hydrogens is 516 g/mol. The smallest absolute Gasteiger partial charge is 0.191 e. The van der Waals surface area contributed by atoms with Crippen LogP contribution < -0.4 is 10.6 Å². The van der Waals surface area contributed by atoms with E-state index in [-0.39, 0.29) is 35.2 Å². The van der Waals surface area contributed by atoms with E-state index in [1.54, 1.807) is 19.2 Å². The van der Waals surface area contributed by atoms with E-state index in [0.29, 0.717) is 0 Å². The quantitative estimate of drug-likeness (QED) is 0.314. The van der Waals surface area contributed by atoms with Crippen LogP contribution in [0.4, 0.5) is 4.39 Å². The number of benzene rings is 2. The van der Waals surface area contributed by atoms with Gasteiger partial charge in [0.1, 0.15) is 5.82 Å². The second-order valence-corrected chi connectivity index (χ2v) is 8.97. The van der Waals surface area contributed by atoms with Gasteiger partial charge in [0.25, 0.3) is 0 Å². The number of halogens is 2. The van der Waals surface area contributed by atoms with Gasteiger partial charge in [-0.25, -0.2) is 4.39 Å². The molecule has 0 aromatic heterocycles. The molecule has 2 aliphatic rings. The van der Waals surface area contributed by atoms with Crippen LogP contribution in [0.5, 0.6) is 0 Å². The normalized spacial score (nSPS) is 18.7. The van der Waals surface area contributed by atoms with Gasteiger partial charge in [0.05, 0.1) is 0 Å². The third-order valence-corrected chi connectivity index (χ3v) is 6.59. The molecule has 0 spiro atoms. The molecule has 0 unspecified atom stereocenters. The van der Waals surface area contributed by atoms with Crippen molar-refractivity contribution in [2.24, 2.45) is 4.99 Å². The lowest BCUT2D eigenvalue weighted by Gasteiger charge is -2.32. The van der Waals surface area contributed by atoms with Crippen LogP contribution in [-0.2, 0) is 18.5 Å². The Kier molecular flexibility index (Phi) is 8.90. The first-order valence-electron chi connectivity index (χ1n) is 11.3. The van der Waals surface area contributed by atoms with Crippen molar-refractivity contribution in [1.29, 1.82) is 0 Å². The third-order valence-electron chi connectivity index (χ3n) is 6.59. The van der Waals surface area contributed by atoms with Crippen LogP contribution in [-0.4, -0.2) is 62.6 Å². The molecule has 1 aliphatic carbocycles. The lowest BCUT2D eigenvalue weighted by atomic mass is 9.96. The molecule has 0 bridgehead atoms. The molecule has 1 saturated carbocycles. The molecule has 7 heteroatoms. The Balaban J connectivity index is 0.00000289. The van der Waals surface area contributed by atoms with Gasteiger partial charge >= 0.3 is 0 Å². The van der Waals surface area contributed by atoms with Crippen molar-refractivity contribution >= 4 is 29.9 Å². The Labute approximate surface area is 208 Å². The summed E-state index contributed by atoms with van der Waals surface area (Å²) in [4.78, 5) is 9.26. The topological polar surface area (TPSA) is 42.9 Å². The molecule has 32 heavy (non-hydrogen) atoms. The first kappa shape index (κ1) is 24.9. The maximum atomic E-state index is 13.6. The third kappa shape index (κ3) is 6.65. The van der Waals surface area contributed by atoms with E-state index >= 15 is 0 Å². The van der Waals surface area contributed by atoms with E-state index in [0.717, 1.165) is 70.2 Å². The molecule has 1 aliphatic heterocycles. The zero-order valence-corrected chi connectivity index (χ0v) is 21.4. The number of rotatable bonds is 7. The fourth-order valence-corrected chi connectivity index (χ4v) is 4.22. The molecule has 2 N–H and O–H groups in total. The summed E-state index contributed by atoms with van der Waals surface area (Å²) in [6, 6.07) is 15.8. The average molecular weight is 551 g/mol. The highest BCUT2D eigenvalue weighted by Crippen LogP contribution is 2.47. The molecule has 0 atom stereocenters. The number of aliphatic imine (C=N–C) groups is 1. The molecule has 174 valence electrons. The predicted octanol–water partition coefficient (Wildman–Crippen LogP) is 3.59. The van der Waals surface area contributed by atoms with E-state index in [2.05, 4.69) is 56.7 Å². The number of likely N-dealkylation sites (N-methyl/N-ethyl adjacent to an activating group) is 1. The number of hydrogen-bond acceptors (Lipinski definition) is 3. The standard InChI is InChI=1S/C25H34FN5.HI/c1-27-24(29-19-25(10-11-25)22-4-3-5-23(26)16-22)28-17-20-6-8-21(9-7-20)18-31-14-12-30(2)13-15-31;/h3-9,16H,10-15,17-19H2,1-2H3,(H2,27,28,29);1H. The van der Waals surface area contributed by atoms with Gasteiger partial charge in [-0.1, -0.05) is 36.4 Å². The van der Waals surface area contributed by atoms with Crippen molar-refractivity contribution < 1.29 is 4.39 Å². The first-order chi connectivity index (χ1) is 15.1. The van der Waals surface area contributed by atoms with Crippen LogP contribution >= 0.6 is 24.0 Å². The van der Waals surface area contributed by atoms with E-state index < -0.39 is 0 Å². The molecule has 1 saturated heterocycles. The fourth-order valence-electron chi connectivity index (χ4n) is 4.22. The second kappa shape index (κ2) is 11.4. The molecule has 2 aromatic carbocycles. The summed E-state index contributed by atoms with van der Waals surface area (Å²) in [7, 11) is 3.98. The molecule has 0 radical (unpaired) electrons. The minimum Gasteiger partial charge on any atom is -0.356 e. The first-order valence-corrected chi connectivity index (χ1v) is 11.3. The second-order valence-electron chi connectivity index (χ2n) is 8.97. The predicted molar refractivity (Wildman–Crippen MR) is 140 cm³/mol. The molecule has 4 rings (SSSR count). The summed E-state index contributed by atoms with van der Waals surface area (Å²) in [6.45, 7) is 7.08. The molecule has 2 fully saturated rings. The highest BCUT2D eigenvalue weighted by molar-refractivity contribution is 14.0. The SMILES string of the molecule is CN=C(NCc1ccc(CN2CCN(C)CC2)cc1)NCC1(c2cccc(F)c2)CC1.I. The number of hydrogen-bond donors (Lipinski definition) is 2. The highest BCUT2D eigenvalue weighted by Gasteiger charge is 2.44. The monoisotopic (exact) mass is 551 g/mol. The van der Waals surface area contributed by atoms with Crippen LogP contribution in [0, 0.1) is 5.82 Å². The van der Waals surface area contributed by atoms with Crippen LogP contribution in [0.2, 0.25) is 0 Å². The van der Waals surface area contributed by atoms with Gasteiger partial charge in [-0.3, -0.25) is 9.89 Å².